The second-order valence-electron chi connectivity index (χ2n) is 10.4. The van der Waals surface area contributed by atoms with Crippen LogP contribution in [0.1, 0.15) is 37.0 Å². The number of rotatable bonds is 7. The van der Waals surface area contributed by atoms with Crippen LogP contribution in [-0.4, -0.2) is 84.9 Å². The first kappa shape index (κ1) is 28.4. The molecule has 3 atom stereocenters. The zero-order chi connectivity index (χ0) is 27.9. The quantitative estimate of drug-likeness (QED) is 0.497. The first-order valence-corrected chi connectivity index (χ1v) is 13.5. The van der Waals surface area contributed by atoms with E-state index in [1.54, 1.807) is 42.0 Å². The minimum atomic E-state index is -0.502. The molecule has 0 saturated carbocycles. The number of amides is 4. The lowest BCUT2D eigenvalue weighted by Crippen LogP contribution is -2.50. The molecule has 2 aromatic carbocycles. The van der Waals surface area contributed by atoms with Crippen LogP contribution in [0.3, 0.4) is 0 Å². The third-order valence-electron chi connectivity index (χ3n) is 7.37. The Balaban J connectivity index is 1.62. The number of ether oxygens (including phenoxy) is 2. The number of fused-ring (bicyclic) bond motifs is 1. The van der Waals surface area contributed by atoms with E-state index in [2.05, 4.69) is 10.6 Å². The third-order valence-corrected chi connectivity index (χ3v) is 7.37. The van der Waals surface area contributed by atoms with Crippen LogP contribution in [0.15, 0.2) is 48.5 Å². The minimum absolute atomic E-state index is 0.144. The summed E-state index contributed by atoms with van der Waals surface area (Å²) in [4.78, 5) is 42.8. The number of nitrogens with zero attached hydrogens (tertiary/aromatic N) is 2. The zero-order valence-electron chi connectivity index (χ0n) is 22.8. The Morgan fingerprint density at radius 2 is 1.82 bits per heavy atom. The molecular formula is C29H38N4O6. The fraction of sp³-hybridized carbons (Fsp3) is 0.483. The van der Waals surface area contributed by atoms with Gasteiger partial charge in [0.05, 0.1) is 30.4 Å². The van der Waals surface area contributed by atoms with Gasteiger partial charge in [-0.25, -0.2) is 4.79 Å². The number of benzene rings is 2. The summed E-state index contributed by atoms with van der Waals surface area (Å²) in [6.07, 6.45) is 0.755. The normalized spacial score (nSPS) is 20.6. The van der Waals surface area contributed by atoms with Crippen molar-refractivity contribution in [2.45, 2.75) is 38.8 Å². The number of carbonyl (C=O) groups excluding carboxylic acids is 3. The number of para-hydroxylation sites is 2. The van der Waals surface area contributed by atoms with Gasteiger partial charge in [0.25, 0.3) is 5.91 Å². The second-order valence-corrected chi connectivity index (χ2v) is 10.4. The van der Waals surface area contributed by atoms with Gasteiger partial charge in [0, 0.05) is 44.3 Å². The average Bonchev–Trinajstić information content (AvgIpc) is 2.95. The van der Waals surface area contributed by atoms with Crippen molar-refractivity contribution < 1.29 is 29.0 Å². The van der Waals surface area contributed by atoms with Crippen molar-refractivity contribution in [2.24, 2.45) is 11.8 Å². The second kappa shape index (κ2) is 12.9. The van der Waals surface area contributed by atoms with E-state index in [0.717, 1.165) is 0 Å². The molecule has 10 nitrogen and oxygen atoms in total. The van der Waals surface area contributed by atoms with Crippen molar-refractivity contribution >= 4 is 29.2 Å². The number of hydrogen-bond acceptors (Lipinski definition) is 6. The standard InChI is InChI=1S/C29H38N4O6/c1-19-16-33(20(2)18-34)28(36)23-10-7-11-24(31-27(35)21-12-14-38-15-13-21)26(23)39-25(19)17-32(3)29(37)30-22-8-5-4-6-9-22/h4-11,19-21,25,34H,12-18H2,1-3H3,(H,30,37)(H,31,35)/t19-,20+,25+/m1/s1. The van der Waals surface area contributed by atoms with Crippen molar-refractivity contribution in [3.05, 3.63) is 54.1 Å². The molecule has 4 amide bonds. The van der Waals surface area contributed by atoms with Crippen molar-refractivity contribution in [3.8, 4) is 5.75 Å². The highest BCUT2D eigenvalue weighted by Gasteiger charge is 2.35. The molecule has 1 saturated heterocycles. The maximum absolute atomic E-state index is 13.6. The van der Waals surface area contributed by atoms with E-state index < -0.39 is 12.1 Å². The summed E-state index contributed by atoms with van der Waals surface area (Å²) in [6, 6.07) is 13.6. The van der Waals surface area contributed by atoms with E-state index >= 15 is 0 Å². The van der Waals surface area contributed by atoms with Gasteiger partial charge in [0.1, 0.15) is 6.10 Å². The Kier molecular flexibility index (Phi) is 9.42. The topological polar surface area (TPSA) is 120 Å². The van der Waals surface area contributed by atoms with Crippen molar-refractivity contribution in [1.29, 1.82) is 0 Å². The molecule has 0 radical (unpaired) electrons. The van der Waals surface area contributed by atoms with E-state index in [1.807, 2.05) is 37.3 Å². The molecule has 210 valence electrons. The molecular weight excluding hydrogens is 500 g/mol. The molecule has 2 aliphatic rings. The summed E-state index contributed by atoms with van der Waals surface area (Å²) in [6.45, 7) is 5.17. The van der Waals surface area contributed by atoms with Gasteiger partial charge in [0.2, 0.25) is 5.91 Å². The lowest BCUT2D eigenvalue weighted by molar-refractivity contribution is -0.122. The molecule has 39 heavy (non-hydrogen) atoms. The molecule has 2 aliphatic heterocycles. The zero-order valence-corrected chi connectivity index (χ0v) is 22.8. The summed E-state index contributed by atoms with van der Waals surface area (Å²) >= 11 is 0. The fourth-order valence-corrected chi connectivity index (χ4v) is 4.85. The maximum Gasteiger partial charge on any atom is 0.321 e. The smallest absolute Gasteiger partial charge is 0.321 e. The number of nitrogens with one attached hydrogen (secondary N) is 2. The Hall–Kier alpha value is -3.63. The van der Waals surface area contributed by atoms with Crippen molar-refractivity contribution in [3.63, 3.8) is 0 Å². The Labute approximate surface area is 229 Å². The van der Waals surface area contributed by atoms with E-state index in [4.69, 9.17) is 9.47 Å². The fourth-order valence-electron chi connectivity index (χ4n) is 4.85. The van der Waals surface area contributed by atoms with Crippen molar-refractivity contribution in [1.82, 2.24) is 9.80 Å². The number of hydrogen-bond donors (Lipinski definition) is 3. The predicted octanol–water partition coefficient (Wildman–Crippen LogP) is 3.44. The van der Waals surface area contributed by atoms with E-state index in [1.165, 1.54) is 0 Å². The van der Waals surface area contributed by atoms with Crippen LogP contribution >= 0.6 is 0 Å². The SMILES string of the molecule is C[C@@H]1CN([C@@H](C)CO)C(=O)c2cccc(NC(=O)C3CCOCC3)c2O[C@H]1CN(C)C(=O)Nc1ccccc1. The highest BCUT2D eigenvalue weighted by molar-refractivity contribution is 6.02. The highest BCUT2D eigenvalue weighted by atomic mass is 16.5. The van der Waals surface area contributed by atoms with Crippen LogP contribution < -0.4 is 15.4 Å². The summed E-state index contributed by atoms with van der Waals surface area (Å²) in [5.41, 5.74) is 1.38. The molecule has 0 bridgehead atoms. The summed E-state index contributed by atoms with van der Waals surface area (Å²) < 4.78 is 11.9. The van der Waals surface area contributed by atoms with Crippen LogP contribution in [0.4, 0.5) is 16.2 Å². The summed E-state index contributed by atoms with van der Waals surface area (Å²) in [7, 11) is 1.69. The molecule has 0 spiro atoms. The number of urea groups is 1. The Bertz CT molecular complexity index is 1150. The molecule has 0 aliphatic carbocycles. The lowest BCUT2D eigenvalue weighted by Gasteiger charge is -2.38. The number of aliphatic hydroxyl groups is 1. The monoisotopic (exact) mass is 538 g/mol. The van der Waals surface area contributed by atoms with E-state index in [0.29, 0.717) is 49.5 Å². The molecule has 0 unspecified atom stereocenters. The van der Waals surface area contributed by atoms with Crippen LogP contribution in [-0.2, 0) is 9.53 Å². The molecule has 4 rings (SSSR count). The molecule has 10 heteroatoms. The Morgan fingerprint density at radius 1 is 1.10 bits per heavy atom. The average molecular weight is 539 g/mol. The maximum atomic E-state index is 13.6. The van der Waals surface area contributed by atoms with Gasteiger partial charge in [-0.05, 0) is 44.0 Å². The van der Waals surface area contributed by atoms with Gasteiger partial charge >= 0.3 is 6.03 Å². The van der Waals surface area contributed by atoms with E-state index in [-0.39, 0.29) is 48.6 Å². The van der Waals surface area contributed by atoms with Crippen LogP contribution in [0.5, 0.6) is 5.75 Å². The first-order valence-electron chi connectivity index (χ1n) is 13.5. The molecule has 0 aromatic heterocycles. The van der Waals surface area contributed by atoms with Gasteiger partial charge < -0.3 is 35.0 Å². The lowest BCUT2D eigenvalue weighted by atomic mass is 9.98. The number of carbonyl (C=O) groups is 3. The predicted molar refractivity (Wildman–Crippen MR) is 148 cm³/mol. The van der Waals surface area contributed by atoms with Gasteiger partial charge in [-0.1, -0.05) is 31.2 Å². The minimum Gasteiger partial charge on any atom is -0.485 e. The van der Waals surface area contributed by atoms with Crippen LogP contribution in [0, 0.1) is 11.8 Å². The molecule has 3 N–H and O–H groups in total. The Morgan fingerprint density at radius 3 is 2.51 bits per heavy atom. The molecule has 2 heterocycles. The number of anilines is 2. The van der Waals surface area contributed by atoms with E-state index in [9.17, 15) is 19.5 Å². The van der Waals surface area contributed by atoms with Crippen LogP contribution in [0.2, 0.25) is 0 Å². The van der Waals surface area contributed by atoms with Crippen LogP contribution in [0.25, 0.3) is 0 Å². The summed E-state index contributed by atoms with van der Waals surface area (Å²) in [5, 5.41) is 15.7. The summed E-state index contributed by atoms with van der Waals surface area (Å²) in [5.74, 6) is -0.537. The molecule has 2 aromatic rings. The van der Waals surface area contributed by atoms with Gasteiger partial charge in [-0.2, -0.15) is 0 Å². The van der Waals surface area contributed by atoms with Gasteiger partial charge in [-0.15, -0.1) is 0 Å². The highest BCUT2D eigenvalue weighted by Crippen LogP contribution is 2.35. The molecule has 1 fully saturated rings. The number of aliphatic hydroxyl groups excluding tert-OH is 1. The van der Waals surface area contributed by atoms with Gasteiger partial charge in [0.15, 0.2) is 5.75 Å². The largest absolute Gasteiger partial charge is 0.485 e. The number of likely N-dealkylation sites (N-methyl/N-ethyl adjacent to an activating group) is 1. The van der Waals surface area contributed by atoms with Crippen molar-refractivity contribution in [2.75, 3.05) is 50.6 Å². The van der Waals surface area contributed by atoms with Gasteiger partial charge in [-0.3, -0.25) is 9.59 Å². The third kappa shape index (κ3) is 6.88. The first-order chi connectivity index (χ1) is 18.8.